The SMILES string of the molecule is CCC(C#N)Oc1cccc(CNc2ccc3nnc(-c4ccccc4F)n3n2)c1. The standard InChI is InChI=1S/C22H19FN6O/c1-2-16(13-24)30-17-7-5-6-15(12-17)14-25-20-10-11-21-26-27-22(29(21)28-20)18-8-3-4-9-19(18)23/h3-12,16H,2,14H2,1H3,(H,25,28). The van der Waals surface area contributed by atoms with Gasteiger partial charge in [-0.2, -0.15) is 9.78 Å². The molecule has 2 aromatic carbocycles. The largest absolute Gasteiger partial charge is 0.476 e. The van der Waals surface area contributed by atoms with E-state index in [0.29, 0.717) is 41.6 Å². The molecule has 0 aliphatic heterocycles. The van der Waals surface area contributed by atoms with Gasteiger partial charge in [-0.1, -0.05) is 31.2 Å². The molecule has 1 N–H and O–H groups in total. The van der Waals surface area contributed by atoms with Crippen LogP contribution in [0.25, 0.3) is 17.0 Å². The molecule has 8 heteroatoms. The van der Waals surface area contributed by atoms with Gasteiger partial charge >= 0.3 is 0 Å². The molecule has 0 aliphatic rings. The summed E-state index contributed by atoms with van der Waals surface area (Å²) in [6.07, 6.45) is 0.148. The van der Waals surface area contributed by atoms with Gasteiger partial charge in [0.1, 0.15) is 23.5 Å². The molecular weight excluding hydrogens is 383 g/mol. The summed E-state index contributed by atoms with van der Waals surface area (Å²) in [7, 11) is 0. The number of anilines is 1. The third kappa shape index (κ3) is 4.05. The van der Waals surface area contributed by atoms with Crippen LogP contribution in [0.5, 0.6) is 5.75 Å². The minimum atomic E-state index is -0.470. The normalized spacial score (nSPS) is 11.8. The van der Waals surface area contributed by atoms with Crippen LogP contribution in [0.15, 0.2) is 60.7 Å². The maximum atomic E-state index is 14.2. The van der Waals surface area contributed by atoms with Crippen LogP contribution in [0.2, 0.25) is 0 Å². The molecule has 0 saturated heterocycles. The maximum Gasteiger partial charge on any atom is 0.188 e. The highest BCUT2D eigenvalue weighted by Gasteiger charge is 2.13. The van der Waals surface area contributed by atoms with Crippen LogP contribution in [0.1, 0.15) is 18.9 Å². The molecule has 30 heavy (non-hydrogen) atoms. The van der Waals surface area contributed by atoms with Crippen molar-refractivity contribution in [2.75, 3.05) is 5.32 Å². The average Bonchev–Trinajstić information content (AvgIpc) is 3.20. The number of benzene rings is 2. The maximum absolute atomic E-state index is 14.2. The lowest BCUT2D eigenvalue weighted by molar-refractivity contribution is 0.251. The summed E-state index contributed by atoms with van der Waals surface area (Å²) in [5.41, 5.74) is 1.83. The van der Waals surface area contributed by atoms with Crippen LogP contribution < -0.4 is 10.1 Å². The van der Waals surface area contributed by atoms with Gasteiger partial charge in [0.15, 0.2) is 17.6 Å². The molecule has 2 heterocycles. The number of rotatable bonds is 7. The highest BCUT2D eigenvalue weighted by Crippen LogP contribution is 2.22. The topological polar surface area (TPSA) is 88.1 Å². The van der Waals surface area contributed by atoms with Gasteiger partial charge in [-0.25, -0.2) is 4.39 Å². The average molecular weight is 402 g/mol. The molecule has 1 unspecified atom stereocenters. The van der Waals surface area contributed by atoms with Crippen molar-refractivity contribution in [1.29, 1.82) is 5.26 Å². The van der Waals surface area contributed by atoms with Gasteiger partial charge in [-0.15, -0.1) is 15.3 Å². The molecule has 4 aromatic rings. The van der Waals surface area contributed by atoms with Crippen LogP contribution in [-0.2, 0) is 6.54 Å². The van der Waals surface area contributed by atoms with E-state index in [1.807, 2.05) is 31.2 Å². The second-order valence-corrected chi connectivity index (χ2v) is 6.64. The summed E-state index contributed by atoms with van der Waals surface area (Å²) in [5.74, 6) is 1.19. The van der Waals surface area contributed by atoms with E-state index < -0.39 is 6.10 Å². The molecule has 1 atom stereocenters. The number of nitrogens with zero attached hydrogens (tertiary/aromatic N) is 5. The Kier molecular flexibility index (Phi) is 5.52. The molecule has 0 fully saturated rings. The first-order chi connectivity index (χ1) is 14.7. The quantitative estimate of drug-likeness (QED) is 0.498. The smallest absolute Gasteiger partial charge is 0.188 e. The van der Waals surface area contributed by atoms with E-state index in [0.717, 1.165) is 5.56 Å². The fraction of sp³-hybridized carbons (Fsp3) is 0.182. The summed E-state index contributed by atoms with van der Waals surface area (Å²) in [6.45, 7) is 2.40. The van der Waals surface area contributed by atoms with E-state index in [4.69, 9.17) is 10.00 Å². The predicted molar refractivity (Wildman–Crippen MR) is 110 cm³/mol. The van der Waals surface area contributed by atoms with Gasteiger partial charge in [-0.05, 0) is 48.4 Å². The van der Waals surface area contributed by atoms with E-state index in [1.54, 1.807) is 30.3 Å². The molecule has 0 saturated carbocycles. The lowest BCUT2D eigenvalue weighted by Gasteiger charge is -2.12. The van der Waals surface area contributed by atoms with Crippen molar-refractivity contribution >= 4 is 11.5 Å². The highest BCUT2D eigenvalue weighted by atomic mass is 19.1. The number of nitrogens with one attached hydrogen (secondary N) is 1. The van der Waals surface area contributed by atoms with Crippen LogP contribution in [-0.4, -0.2) is 25.9 Å². The Hall–Kier alpha value is -3.99. The van der Waals surface area contributed by atoms with Crippen LogP contribution in [0.4, 0.5) is 10.2 Å². The van der Waals surface area contributed by atoms with E-state index in [-0.39, 0.29) is 5.82 Å². The predicted octanol–water partition coefficient (Wildman–Crippen LogP) is 4.22. The zero-order valence-electron chi connectivity index (χ0n) is 16.3. The van der Waals surface area contributed by atoms with Gasteiger partial charge in [0.2, 0.25) is 0 Å². The van der Waals surface area contributed by atoms with E-state index in [2.05, 4.69) is 26.7 Å². The molecule has 150 valence electrons. The Bertz CT molecular complexity index is 1220. The number of hydrogen-bond donors (Lipinski definition) is 1. The number of hydrogen-bond acceptors (Lipinski definition) is 6. The van der Waals surface area contributed by atoms with Gasteiger partial charge in [0, 0.05) is 6.54 Å². The van der Waals surface area contributed by atoms with E-state index in [9.17, 15) is 4.39 Å². The number of fused-ring (bicyclic) bond motifs is 1. The van der Waals surface area contributed by atoms with Crippen molar-refractivity contribution in [3.63, 3.8) is 0 Å². The fourth-order valence-electron chi connectivity index (χ4n) is 2.98. The molecule has 0 radical (unpaired) electrons. The monoisotopic (exact) mass is 402 g/mol. The van der Waals surface area contributed by atoms with Gasteiger partial charge in [0.05, 0.1) is 5.56 Å². The molecule has 4 rings (SSSR count). The van der Waals surface area contributed by atoms with Crippen molar-refractivity contribution in [2.24, 2.45) is 0 Å². The van der Waals surface area contributed by atoms with Crippen molar-refractivity contribution in [2.45, 2.75) is 26.0 Å². The first-order valence-corrected chi connectivity index (χ1v) is 9.54. The summed E-state index contributed by atoms with van der Waals surface area (Å²) < 4.78 is 21.4. The molecular formula is C22H19FN6O. The molecule has 7 nitrogen and oxygen atoms in total. The summed E-state index contributed by atoms with van der Waals surface area (Å²) in [5, 5.41) is 25.0. The van der Waals surface area contributed by atoms with E-state index >= 15 is 0 Å². The Morgan fingerprint density at radius 2 is 2.00 bits per heavy atom. The van der Waals surface area contributed by atoms with Crippen LogP contribution >= 0.6 is 0 Å². The Labute approximate surface area is 172 Å². The lowest BCUT2D eigenvalue weighted by Crippen LogP contribution is -2.12. The van der Waals surface area contributed by atoms with Crippen LogP contribution in [0, 0.1) is 17.1 Å². The minimum Gasteiger partial charge on any atom is -0.476 e. The number of aromatic nitrogens is 4. The Balaban J connectivity index is 1.53. The third-order valence-corrected chi connectivity index (χ3v) is 4.54. The van der Waals surface area contributed by atoms with E-state index in [1.165, 1.54) is 10.6 Å². The number of nitriles is 1. The summed E-state index contributed by atoms with van der Waals surface area (Å²) in [4.78, 5) is 0. The van der Waals surface area contributed by atoms with Crippen LogP contribution in [0.3, 0.4) is 0 Å². The Morgan fingerprint density at radius 1 is 1.13 bits per heavy atom. The molecule has 0 spiro atoms. The third-order valence-electron chi connectivity index (χ3n) is 4.54. The molecule has 0 amide bonds. The van der Waals surface area contributed by atoms with Crippen molar-refractivity contribution < 1.29 is 9.13 Å². The van der Waals surface area contributed by atoms with Crippen molar-refractivity contribution in [3.8, 4) is 23.2 Å². The minimum absolute atomic E-state index is 0.336. The van der Waals surface area contributed by atoms with Crippen molar-refractivity contribution in [1.82, 2.24) is 19.8 Å². The second kappa shape index (κ2) is 8.57. The van der Waals surface area contributed by atoms with Gasteiger partial charge in [0.25, 0.3) is 0 Å². The molecule has 0 bridgehead atoms. The Morgan fingerprint density at radius 3 is 2.80 bits per heavy atom. The highest BCUT2D eigenvalue weighted by molar-refractivity contribution is 5.60. The summed E-state index contributed by atoms with van der Waals surface area (Å²) in [6, 6.07) is 19.6. The number of halogens is 1. The van der Waals surface area contributed by atoms with Gasteiger partial charge in [-0.3, -0.25) is 0 Å². The first-order valence-electron chi connectivity index (χ1n) is 9.54. The fourth-order valence-corrected chi connectivity index (χ4v) is 2.98. The zero-order chi connectivity index (χ0) is 20.9. The number of ether oxygens (including phenoxy) is 1. The molecule has 0 aliphatic carbocycles. The second-order valence-electron chi connectivity index (χ2n) is 6.64. The van der Waals surface area contributed by atoms with Crippen molar-refractivity contribution in [3.05, 3.63) is 72.0 Å². The zero-order valence-corrected chi connectivity index (χ0v) is 16.3. The summed E-state index contributed by atoms with van der Waals surface area (Å²) >= 11 is 0. The molecule has 2 aromatic heterocycles. The first kappa shape index (κ1) is 19.3. The van der Waals surface area contributed by atoms with Gasteiger partial charge < -0.3 is 10.1 Å². The lowest BCUT2D eigenvalue weighted by atomic mass is 10.2.